The third-order valence-corrected chi connectivity index (χ3v) is 5.07. The van der Waals surface area contributed by atoms with Gasteiger partial charge in [-0.25, -0.2) is 4.68 Å². The van der Waals surface area contributed by atoms with Crippen molar-refractivity contribution in [1.82, 2.24) is 20.4 Å². The fraction of sp³-hybridized carbons (Fsp3) is 0.273. The predicted octanol–water partition coefficient (Wildman–Crippen LogP) is 2.61. The van der Waals surface area contributed by atoms with Crippen LogP contribution in [0.15, 0.2) is 48.5 Å². The molecular formula is C22H24N4O4. The largest absolute Gasteiger partial charge is 0.497 e. The molecule has 3 aromatic rings. The second-order valence-electron chi connectivity index (χ2n) is 6.89. The zero-order chi connectivity index (χ0) is 21.1. The highest BCUT2D eigenvalue weighted by atomic mass is 16.5. The summed E-state index contributed by atoms with van der Waals surface area (Å²) in [6.45, 7) is 1.02. The summed E-state index contributed by atoms with van der Waals surface area (Å²) in [4.78, 5) is 12.4. The molecule has 1 amide bonds. The number of amides is 1. The Balaban J connectivity index is 1.56. The van der Waals surface area contributed by atoms with Crippen LogP contribution in [-0.4, -0.2) is 43.6 Å². The number of hydrogen-bond donors (Lipinski definition) is 2. The second kappa shape index (κ2) is 8.46. The quantitative estimate of drug-likeness (QED) is 0.625. The van der Waals surface area contributed by atoms with Gasteiger partial charge in [-0.3, -0.25) is 10.1 Å². The van der Waals surface area contributed by atoms with Gasteiger partial charge < -0.3 is 19.5 Å². The number of hydrogen-bond acceptors (Lipinski definition) is 6. The average molecular weight is 408 g/mol. The normalized spacial score (nSPS) is 15.3. The van der Waals surface area contributed by atoms with Crippen molar-refractivity contribution in [3.8, 4) is 28.5 Å². The molecule has 0 saturated heterocycles. The van der Waals surface area contributed by atoms with Crippen molar-refractivity contribution >= 4 is 5.91 Å². The maximum absolute atomic E-state index is 12.4. The van der Waals surface area contributed by atoms with E-state index in [1.807, 2.05) is 42.5 Å². The first-order valence-corrected chi connectivity index (χ1v) is 9.59. The van der Waals surface area contributed by atoms with Crippen LogP contribution < -0.4 is 24.8 Å². The SMILES string of the molecule is COc1cccc(-c2cc3n(n2)C(NCc2ccc(OC)c(OC)c2)CNC3=O)c1. The lowest BCUT2D eigenvalue weighted by atomic mass is 10.1. The number of ether oxygens (including phenoxy) is 3. The number of nitrogens with zero attached hydrogens (tertiary/aromatic N) is 2. The molecule has 2 heterocycles. The molecule has 2 aromatic carbocycles. The standard InChI is InChI=1S/C22H24N4O4/c1-28-16-6-4-5-15(10-16)17-11-18-22(27)24-13-21(26(18)25-17)23-12-14-7-8-19(29-2)20(9-14)30-3/h4-11,21,23H,12-13H2,1-3H3,(H,24,27). The van der Waals surface area contributed by atoms with Crippen LogP contribution in [0.2, 0.25) is 0 Å². The zero-order valence-electron chi connectivity index (χ0n) is 17.1. The molecule has 1 unspecified atom stereocenters. The Kier molecular flexibility index (Phi) is 5.58. The van der Waals surface area contributed by atoms with Gasteiger partial charge in [0.05, 0.1) is 33.6 Å². The molecule has 0 radical (unpaired) electrons. The maximum Gasteiger partial charge on any atom is 0.269 e. The van der Waals surface area contributed by atoms with Crippen LogP contribution in [0.5, 0.6) is 17.2 Å². The first-order valence-electron chi connectivity index (χ1n) is 9.59. The van der Waals surface area contributed by atoms with Crippen LogP contribution >= 0.6 is 0 Å². The van der Waals surface area contributed by atoms with Gasteiger partial charge in [0.25, 0.3) is 5.91 Å². The van der Waals surface area contributed by atoms with E-state index in [1.54, 1.807) is 32.1 Å². The second-order valence-corrected chi connectivity index (χ2v) is 6.89. The number of fused-ring (bicyclic) bond motifs is 1. The number of carbonyl (C=O) groups excluding carboxylic acids is 1. The Labute approximate surface area is 174 Å². The Hall–Kier alpha value is -3.52. The first kappa shape index (κ1) is 19.8. The molecular weight excluding hydrogens is 384 g/mol. The van der Waals surface area contributed by atoms with Crippen molar-refractivity contribution in [3.63, 3.8) is 0 Å². The smallest absolute Gasteiger partial charge is 0.269 e. The van der Waals surface area contributed by atoms with E-state index in [2.05, 4.69) is 10.6 Å². The van der Waals surface area contributed by atoms with Gasteiger partial charge in [-0.15, -0.1) is 0 Å². The summed E-state index contributed by atoms with van der Waals surface area (Å²) in [5.41, 5.74) is 3.16. The minimum atomic E-state index is -0.176. The minimum absolute atomic E-state index is 0.138. The van der Waals surface area contributed by atoms with Crippen LogP contribution in [0, 0.1) is 0 Å². The Morgan fingerprint density at radius 2 is 1.90 bits per heavy atom. The molecule has 156 valence electrons. The van der Waals surface area contributed by atoms with Crippen LogP contribution in [0.4, 0.5) is 0 Å². The molecule has 1 aliphatic heterocycles. The monoisotopic (exact) mass is 408 g/mol. The molecule has 30 heavy (non-hydrogen) atoms. The summed E-state index contributed by atoms with van der Waals surface area (Å²) in [6, 6.07) is 15.2. The van der Waals surface area contributed by atoms with Gasteiger partial charge in [0.15, 0.2) is 11.5 Å². The van der Waals surface area contributed by atoms with Crippen molar-refractivity contribution in [2.24, 2.45) is 0 Å². The predicted molar refractivity (Wildman–Crippen MR) is 112 cm³/mol. The van der Waals surface area contributed by atoms with Crippen molar-refractivity contribution in [2.75, 3.05) is 27.9 Å². The van der Waals surface area contributed by atoms with Crippen molar-refractivity contribution in [1.29, 1.82) is 0 Å². The minimum Gasteiger partial charge on any atom is -0.497 e. The molecule has 1 aliphatic rings. The zero-order valence-corrected chi connectivity index (χ0v) is 17.1. The Morgan fingerprint density at radius 3 is 2.67 bits per heavy atom. The van der Waals surface area contributed by atoms with Crippen LogP contribution in [0.3, 0.4) is 0 Å². The van der Waals surface area contributed by atoms with Gasteiger partial charge in [0.2, 0.25) is 0 Å². The summed E-state index contributed by atoms with van der Waals surface area (Å²) in [5, 5.41) is 11.1. The molecule has 0 bridgehead atoms. The lowest BCUT2D eigenvalue weighted by Crippen LogP contribution is -2.45. The number of nitrogens with one attached hydrogen (secondary N) is 2. The molecule has 1 aromatic heterocycles. The van der Waals surface area contributed by atoms with Gasteiger partial charge >= 0.3 is 0 Å². The van der Waals surface area contributed by atoms with Gasteiger partial charge in [0, 0.05) is 12.1 Å². The Morgan fingerprint density at radius 1 is 1.07 bits per heavy atom. The van der Waals surface area contributed by atoms with Crippen molar-refractivity contribution in [2.45, 2.75) is 12.7 Å². The number of carbonyl (C=O) groups is 1. The lowest BCUT2D eigenvalue weighted by molar-refractivity contribution is 0.0900. The summed E-state index contributed by atoms with van der Waals surface area (Å²) >= 11 is 0. The molecule has 0 aliphatic carbocycles. The molecule has 1 atom stereocenters. The van der Waals surface area contributed by atoms with Crippen LogP contribution in [0.1, 0.15) is 22.2 Å². The van der Waals surface area contributed by atoms with Crippen molar-refractivity contribution < 1.29 is 19.0 Å². The summed E-state index contributed by atoms with van der Waals surface area (Å²) in [7, 11) is 4.85. The van der Waals surface area contributed by atoms with E-state index < -0.39 is 0 Å². The first-order chi connectivity index (χ1) is 14.6. The van der Waals surface area contributed by atoms with E-state index in [0.29, 0.717) is 30.3 Å². The van der Waals surface area contributed by atoms with E-state index in [1.165, 1.54) is 0 Å². The van der Waals surface area contributed by atoms with Crippen LogP contribution in [-0.2, 0) is 6.54 Å². The number of rotatable bonds is 7. The molecule has 8 nitrogen and oxygen atoms in total. The van der Waals surface area contributed by atoms with E-state index in [0.717, 1.165) is 22.6 Å². The summed E-state index contributed by atoms with van der Waals surface area (Å²) < 4.78 is 17.7. The van der Waals surface area contributed by atoms with Gasteiger partial charge in [-0.2, -0.15) is 5.10 Å². The van der Waals surface area contributed by atoms with Crippen LogP contribution in [0.25, 0.3) is 11.3 Å². The van der Waals surface area contributed by atoms with E-state index in [4.69, 9.17) is 19.3 Å². The third-order valence-electron chi connectivity index (χ3n) is 5.07. The number of aromatic nitrogens is 2. The van der Waals surface area contributed by atoms with Gasteiger partial charge in [-0.05, 0) is 35.9 Å². The number of methoxy groups -OCH3 is 3. The maximum atomic E-state index is 12.4. The van der Waals surface area contributed by atoms with Gasteiger partial charge in [-0.1, -0.05) is 18.2 Å². The fourth-order valence-electron chi connectivity index (χ4n) is 3.48. The highest BCUT2D eigenvalue weighted by Gasteiger charge is 2.27. The van der Waals surface area contributed by atoms with Gasteiger partial charge in [0.1, 0.15) is 17.6 Å². The highest BCUT2D eigenvalue weighted by Crippen LogP contribution is 2.28. The topological polar surface area (TPSA) is 86.6 Å². The number of benzene rings is 2. The summed E-state index contributed by atoms with van der Waals surface area (Å²) in [5.74, 6) is 1.96. The molecule has 0 saturated carbocycles. The fourth-order valence-corrected chi connectivity index (χ4v) is 3.48. The lowest BCUT2D eigenvalue weighted by Gasteiger charge is -2.26. The Bertz CT molecular complexity index is 1060. The molecule has 8 heteroatoms. The third kappa shape index (κ3) is 3.81. The average Bonchev–Trinajstić information content (AvgIpc) is 3.25. The molecule has 2 N–H and O–H groups in total. The highest BCUT2D eigenvalue weighted by molar-refractivity contribution is 5.94. The van der Waals surface area contributed by atoms with Crippen molar-refractivity contribution in [3.05, 3.63) is 59.8 Å². The van der Waals surface area contributed by atoms with E-state index in [9.17, 15) is 4.79 Å². The van der Waals surface area contributed by atoms with E-state index in [-0.39, 0.29) is 12.1 Å². The molecule has 4 rings (SSSR count). The summed E-state index contributed by atoms with van der Waals surface area (Å²) in [6.07, 6.45) is -0.176. The molecule has 0 spiro atoms. The van der Waals surface area contributed by atoms with E-state index >= 15 is 0 Å². The molecule has 0 fully saturated rings.